The molecule has 340 valence electrons. The van der Waals surface area contributed by atoms with Crippen LogP contribution in [-0.4, -0.2) is 88.6 Å². The van der Waals surface area contributed by atoms with Gasteiger partial charge in [0.05, 0.1) is 25.7 Å². The zero-order chi connectivity index (χ0) is 42.6. The molecular weight excluding hydrogens is 735 g/mol. The highest BCUT2D eigenvalue weighted by molar-refractivity contribution is 5.73. The lowest BCUT2D eigenvalue weighted by Gasteiger charge is -2.21. The molecule has 0 aromatic carbocycles. The van der Waals surface area contributed by atoms with Crippen LogP contribution in [0.1, 0.15) is 195 Å². The summed E-state index contributed by atoms with van der Waals surface area (Å²) in [4.78, 5) is 40.6. The minimum atomic E-state index is -1.13. The summed E-state index contributed by atoms with van der Waals surface area (Å²) in [6.45, 7) is 14.3. The first-order chi connectivity index (χ1) is 28.4. The van der Waals surface area contributed by atoms with Crippen LogP contribution in [0.5, 0.6) is 0 Å². The van der Waals surface area contributed by atoms with Gasteiger partial charge < -0.3 is 33.3 Å². The summed E-state index contributed by atoms with van der Waals surface area (Å²) in [7, 11) is 0. The van der Waals surface area contributed by atoms with Crippen molar-refractivity contribution in [2.45, 2.75) is 201 Å². The summed E-state index contributed by atoms with van der Waals surface area (Å²) in [6.07, 6.45) is 33.6. The molecular formula is C48H89NO9. The predicted octanol–water partition coefficient (Wildman–Crippen LogP) is 12.5. The van der Waals surface area contributed by atoms with Gasteiger partial charge in [0, 0.05) is 13.0 Å². The molecule has 0 fully saturated rings. The third kappa shape index (κ3) is 37.8. The minimum Gasteiger partial charge on any atom is -0.465 e. The van der Waals surface area contributed by atoms with E-state index in [0.29, 0.717) is 26.1 Å². The van der Waals surface area contributed by atoms with Gasteiger partial charge in [-0.3, -0.25) is 4.79 Å². The van der Waals surface area contributed by atoms with Gasteiger partial charge in [0.1, 0.15) is 19.8 Å². The van der Waals surface area contributed by atoms with Crippen LogP contribution >= 0.6 is 0 Å². The highest BCUT2D eigenvalue weighted by Gasteiger charge is 2.25. The van der Waals surface area contributed by atoms with Gasteiger partial charge in [-0.15, -0.1) is 0 Å². The zero-order valence-electron chi connectivity index (χ0n) is 38.1. The standard InChI is InChI=1S/C48H89NO9/c1-6-11-14-17-20-21-22-23-24-25-26-27-28-29-32-36-45(50)56-41-44(43-58-48(52)55-40-35-37-49(9-4)10-5)42-57-46(51)47(53-38-33-30-18-15-12-7-2)54-39-34-31-19-16-13-8-3/h20-21,23-24,44,47H,6-19,22,25-43H2,1-5H3/b21-20-,24-23-. The van der Waals surface area contributed by atoms with Crippen LogP contribution in [0.25, 0.3) is 0 Å². The molecule has 0 aromatic heterocycles. The molecule has 0 bridgehead atoms. The number of nitrogens with zero attached hydrogens (tertiary/aromatic N) is 1. The second-order valence-corrected chi connectivity index (χ2v) is 15.6. The number of allylic oxidation sites excluding steroid dienone is 4. The largest absolute Gasteiger partial charge is 0.508 e. The van der Waals surface area contributed by atoms with Crippen molar-refractivity contribution in [1.82, 2.24) is 4.90 Å². The normalized spacial score (nSPS) is 12.3. The molecule has 0 saturated carbocycles. The number of rotatable bonds is 43. The average Bonchev–Trinajstić information content (AvgIpc) is 3.23. The summed E-state index contributed by atoms with van der Waals surface area (Å²) < 4.78 is 33.7. The van der Waals surface area contributed by atoms with Crippen LogP contribution in [0.15, 0.2) is 24.3 Å². The van der Waals surface area contributed by atoms with E-state index in [9.17, 15) is 14.4 Å². The lowest BCUT2D eigenvalue weighted by molar-refractivity contribution is -0.197. The maximum atomic E-state index is 13.3. The maximum Gasteiger partial charge on any atom is 0.508 e. The number of hydrogen-bond acceptors (Lipinski definition) is 10. The van der Waals surface area contributed by atoms with Crippen molar-refractivity contribution in [3.63, 3.8) is 0 Å². The maximum absolute atomic E-state index is 13.3. The molecule has 1 atom stereocenters. The Hall–Kier alpha value is -2.43. The molecule has 0 rings (SSSR count). The number of unbranched alkanes of at least 4 members (excludes halogenated alkanes) is 18. The van der Waals surface area contributed by atoms with Gasteiger partial charge in [0.15, 0.2) is 0 Å². The smallest absolute Gasteiger partial charge is 0.465 e. The lowest BCUT2D eigenvalue weighted by atomic mass is 10.1. The fraction of sp³-hybridized carbons (Fsp3) is 0.854. The Bertz CT molecular complexity index is 966. The van der Waals surface area contributed by atoms with Crippen LogP contribution in [0.4, 0.5) is 4.79 Å². The van der Waals surface area contributed by atoms with Crippen LogP contribution in [0.3, 0.4) is 0 Å². The van der Waals surface area contributed by atoms with Crippen molar-refractivity contribution in [2.75, 3.05) is 59.3 Å². The summed E-state index contributed by atoms with van der Waals surface area (Å²) in [5.74, 6) is -1.51. The van der Waals surface area contributed by atoms with E-state index in [1.54, 1.807) is 0 Å². The molecule has 0 saturated heterocycles. The number of ether oxygens (including phenoxy) is 6. The fourth-order valence-corrected chi connectivity index (χ4v) is 6.32. The van der Waals surface area contributed by atoms with Gasteiger partial charge in [-0.2, -0.15) is 0 Å². The summed E-state index contributed by atoms with van der Waals surface area (Å²) in [5.41, 5.74) is 0. The molecule has 0 aliphatic heterocycles. The summed E-state index contributed by atoms with van der Waals surface area (Å²) >= 11 is 0. The first-order valence-electron chi connectivity index (χ1n) is 23.8. The van der Waals surface area contributed by atoms with Crippen molar-refractivity contribution in [3.8, 4) is 0 Å². The minimum absolute atomic E-state index is 0.0521. The topological polar surface area (TPSA) is 110 Å². The molecule has 58 heavy (non-hydrogen) atoms. The predicted molar refractivity (Wildman–Crippen MR) is 237 cm³/mol. The van der Waals surface area contributed by atoms with E-state index in [2.05, 4.69) is 63.8 Å². The van der Waals surface area contributed by atoms with Gasteiger partial charge >= 0.3 is 18.1 Å². The van der Waals surface area contributed by atoms with Gasteiger partial charge in [-0.05, 0) is 70.9 Å². The van der Waals surface area contributed by atoms with Crippen LogP contribution in [0, 0.1) is 5.92 Å². The van der Waals surface area contributed by atoms with E-state index in [0.717, 1.165) is 103 Å². The SMILES string of the molecule is CCCCC/C=C\C/C=C\CCCCCCCC(=O)OCC(COC(=O)OCCCN(CC)CC)COC(=O)C(OCCCCCCCC)OCCCCCCCC. The van der Waals surface area contributed by atoms with Crippen LogP contribution < -0.4 is 0 Å². The molecule has 0 aliphatic carbocycles. The molecule has 0 N–H and O–H groups in total. The molecule has 0 aliphatic rings. The van der Waals surface area contributed by atoms with Crippen LogP contribution in [-0.2, 0) is 38.0 Å². The Morgan fingerprint density at radius 3 is 1.55 bits per heavy atom. The summed E-state index contributed by atoms with van der Waals surface area (Å²) in [6, 6.07) is 0. The third-order valence-electron chi connectivity index (χ3n) is 10.2. The number of esters is 2. The van der Waals surface area contributed by atoms with E-state index in [1.165, 1.54) is 64.2 Å². The molecule has 0 aromatic rings. The van der Waals surface area contributed by atoms with Crippen molar-refractivity contribution in [2.24, 2.45) is 5.92 Å². The van der Waals surface area contributed by atoms with Crippen molar-refractivity contribution >= 4 is 18.1 Å². The Labute approximate surface area is 355 Å². The average molecular weight is 824 g/mol. The summed E-state index contributed by atoms with van der Waals surface area (Å²) in [5, 5.41) is 0. The van der Waals surface area contributed by atoms with Gasteiger partial charge in [0.2, 0.25) is 0 Å². The Morgan fingerprint density at radius 2 is 0.966 bits per heavy atom. The molecule has 10 nitrogen and oxygen atoms in total. The third-order valence-corrected chi connectivity index (χ3v) is 10.2. The lowest BCUT2D eigenvalue weighted by Crippen LogP contribution is -2.33. The second-order valence-electron chi connectivity index (χ2n) is 15.6. The van der Waals surface area contributed by atoms with E-state index in [-0.39, 0.29) is 32.4 Å². The molecule has 0 amide bonds. The molecule has 0 radical (unpaired) electrons. The zero-order valence-corrected chi connectivity index (χ0v) is 38.1. The van der Waals surface area contributed by atoms with Gasteiger partial charge in [0.25, 0.3) is 6.29 Å². The highest BCUT2D eigenvalue weighted by atomic mass is 16.7. The molecule has 10 heteroatoms. The fourth-order valence-electron chi connectivity index (χ4n) is 6.32. The Morgan fingerprint density at radius 1 is 0.483 bits per heavy atom. The highest BCUT2D eigenvalue weighted by Crippen LogP contribution is 2.13. The van der Waals surface area contributed by atoms with Crippen molar-refractivity contribution in [1.29, 1.82) is 0 Å². The Balaban J connectivity index is 4.94. The van der Waals surface area contributed by atoms with Gasteiger partial charge in [-0.1, -0.05) is 155 Å². The molecule has 0 heterocycles. The van der Waals surface area contributed by atoms with Crippen molar-refractivity contribution in [3.05, 3.63) is 24.3 Å². The molecule has 0 spiro atoms. The first kappa shape index (κ1) is 55.6. The van der Waals surface area contributed by atoms with E-state index >= 15 is 0 Å². The van der Waals surface area contributed by atoms with E-state index in [1.807, 2.05) is 0 Å². The van der Waals surface area contributed by atoms with Crippen LogP contribution in [0.2, 0.25) is 0 Å². The first-order valence-corrected chi connectivity index (χ1v) is 23.8. The second kappa shape index (κ2) is 44.1. The van der Waals surface area contributed by atoms with Gasteiger partial charge in [-0.25, -0.2) is 9.59 Å². The van der Waals surface area contributed by atoms with E-state index < -0.39 is 24.3 Å². The quantitative estimate of drug-likeness (QED) is 0.0194. The molecule has 1 unspecified atom stereocenters. The number of carbonyl (C=O) groups excluding carboxylic acids is 3. The Kier molecular flexibility index (Phi) is 42.3. The number of carbonyl (C=O) groups is 3. The van der Waals surface area contributed by atoms with Crippen molar-refractivity contribution < 1.29 is 42.8 Å². The monoisotopic (exact) mass is 824 g/mol. The van der Waals surface area contributed by atoms with E-state index in [4.69, 9.17) is 28.4 Å². The number of hydrogen-bond donors (Lipinski definition) is 0.